The minimum Gasteiger partial charge on any atom is -0.463 e. The van der Waals surface area contributed by atoms with Gasteiger partial charge in [-0.25, -0.2) is 0 Å². The van der Waals surface area contributed by atoms with Crippen molar-refractivity contribution in [2.24, 2.45) is 11.0 Å². The van der Waals surface area contributed by atoms with Gasteiger partial charge in [0.1, 0.15) is 30.5 Å². The fourth-order valence-electron chi connectivity index (χ4n) is 2.71. The molecule has 1 aliphatic rings. The highest BCUT2D eigenvalue weighted by Gasteiger charge is 2.48. The van der Waals surface area contributed by atoms with Crippen LogP contribution in [-0.4, -0.2) is 48.5 Å². The molecule has 0 aromatic heterocycles. The molecular formula is C17H19N3O6S. The molecule has 1 aromatic rings. The van der Waals surface area contributed by atoms with Gasteiger partial charge in [-0.15, -0.1) is 0 Å². The van der Waals surface area contributed by atoms with E-state index in [9.17, 15) is 14.4 Å². The molecule has 0 N–H and O–H groups in total. The second-order valence-electron chi connectivity index (χ2n) is 5.76. The van der Waals surface area contributed by atoms with Gasteiger partial charge in [-0.3, -0.25) is 9.59 Å². The van der Waals surface area contributed by atoms with Crippen LogP contribution >= 0.6 is 11.8 Å². The van der Waals surface area contributed by atoms with Crippen LogP contribution in [0.15, 0.2) is 40.3 Å². The SMILES string of the molecule is CC(=O)OCC1O[C@@H](Sc2ccccc2)[C@@H](OC(C)=O)C(N=[N+]=[N-])[C@H]1C=O. The van der Waals surface area contributed by atoms with Crippen LogP contribution in [0.25, 0.3) is 10.4 Å². The van der Waals surface area contributed by atoms with E-state index in [4.69, 9.17) is 19.7 Å². The lowest BCUT2D eigenvalue weighted by molar-refractivity contribution is -0.178. The fraction of sp³-hybridized carbons (Fsp3) is 0.471. The maximum atomic E-state index is 11.6. The molecule has 1 saturated heterocycles. The zero-order chi connectivity index (χ0) is 19.8. The summed E-state index contributed by atoms with van der Waals surface area (Å²) in [5.74, 6) is -2.06. The van der Waals surface area contributed by atoms with E-state index < -0.39 is 41.5 Å². The number of esters is 2. The topological polar surface area (TPSA) is 128 Å². The Balaban J connectivity index is 2.35. The predicted molar refractivity (Wildman–Crippen MR) is 95.6 cm³/mol. The Morgan fingerprint density at radius 1 is 1.30 bits per heavy atom. The monoisotopic (exact) mass is 393 g/mol. The van der Waals surface area contributed by atoms with E-state index in [-0.39, 0.29) is 6.61 Å². The molecule has 0 radical (unpaired) electrons. The Morgan fingerprint density at radius 3 is 2.56 bits per heavy atom. The number of carbonyl (C=O) groups excluding carboxylic acids is 3. The van der Waals surface area contributed by atoms with Crippen LogP contribution in [0.1, 0.15) is 13.8 Å². The first-order valence-electron chi connectivity index (χ1n) is 8.13. The third-order valence-electron chi connectivity index (χ3n) is 3.83. The Hall–Kier alpha value is -2.55. The molecule has 27 heavy (non-hydrogen) atoms. The second-order valence-corrected chi connectivity index (χ2v) is 6.93. The van der Waals surface area contributed by atoms with Crippen molar-refractivity contribution in [1.29, 1.82) is 0 Å². The highest BCUT2D eigenvalue weighted by Crippen LogP contribution is 2.38. The van der Waals surface area contributed by atoms with E-state index in [2.05, 4.69) is 10.0 Å². The first-order valence-corrected chi connectivity index (χ1v) is 9.01. The number of thioether (sulfide) groups is 1. The van der Waals surface area contributed by atoms with Crippen LogP contribution < -0.4 is 0 Å². The molecule has 2 rings (SSSR count). The molecule has 0 amide bonds. The number of aldehydes is 1. The van der Waals surface area contributed by atoms with Gasteiger partial charge >= 0.3 is 11.9 Å². The molecular weight excluding hydrogens is 374 g/mol. The van der Waals surface area contributed by atoms with Crippen LogP contribution in [0.3, 0.4) is 0 Å². The molecule has 1 fully saturated rings. The van der Waals surface area contributed by atoms with Gasteiger partial charge in [-0.05, 0) is 17.7 Å². The Labute approximate surface area is 160 Å². The number of nitrogens with zero attached hydrogens (tertiary/aromatic N) is 3. The van der Waals surface area contributed by atoms with Crippen molar-refractivity contribution < 1.29 is 28.6 Å². The summed E-state index contributed by atoms with van der Waals surface area (Å²) in [4.78, 5) is 38.0. The van der Waals surface area contributed by atoms with Crippen LogP contribution in [0.4, 0.5) is 0 Å². The number of azide groups is 1. The number of hydrogen-bond donors (Lipinski definition) is 0. The predicted octanol–water partition coefficient (Wildman–Crippen LogP) is 2.49. The van der Waals surface area contributed by atoms with Gasteiger partial charge in [0.15, 0.2) is 0 Å². The molecule has 1 aromatic carbocycles. The molecule has 5 atom stereocenters. The molecule has 9 nitrogen and oxygen atoms in total. The molecule has 0 bridgehead atoms. The molecule has 144 valence electrons. The van der Waals surface area contributed by atoms with Gasteiger partial charge in [0.05, 0.1) is 12.0 Å². The lowest BCUT2D eigenvalue weighted by Gasteiger charge is -2.42. The van der Waals surface area contributed by atoms with Gasteiger partial charge in [0.2, 0.25) is 0 Å². The molecule has 0 aliphatic carbocycles. The summed E-state index contributed by atoms with van der Waals surface area (Å²) < 4.78 is 16.2. The molecule has 0 spiro atoms. The summed E-state index contributed by atoms with van der Waals surface area (Å²) in [6.07, 6.45) is -1.25. The molecule has 2 unspecified atom stereocenters. The Morgan fingerprint density at radius 2 is 2.00 bits per heavy atom. The van der Waals surface area contributed by atoms with E-state index in [0.717, 1.165) is 4.90 Å². The van der Waals surface area contributed by atoms with Crippen LogP contribution in [-0.2, 0) is 28.6 Å². The normalized spacial score (nSPS) is 27.1. The third-order valence-corrected chi connectivity index (χ3v) is 4.98. The number of carbonyl (C=O) groups is 3. The maximum Gasteiger partial charge on any atom is 0.303 e. The Bertz CT molecular complexity index is 725. The van der Waals surface area contributed by atoms with E-state index >= 15 is 0 Å². The number of benzene rings is 1. The lowest BCUT2D eigenvalue weighted by Crippen LogP contribution is -2.55. The third kappa shape index (κ3) is 5.72. The van der Waals surface area contributed by atoms with E-state index in [1.54, 1.807) is 0 Å². The second kappa shape index (κ2) is 9.96. The molecule has 10 heteroatoms. The summed E-state index contributed by atoms with van der Waals surface area (Å²) in [7, 11) is 0. The first kappa shape index (κ1) is 20.8. The first-order chi connectivity index (χ1) is 13.0. The van der Waals surface area contributed by atoms with E-state index in [0.29, 0.717) is 6.29 Å². The van der Waals surface area contributed by atoms with E-state index in [1.807, 2.05) is 30.3 Å². The minimum atomic E-state index is -0.994. The average Bonchev–Trinajstić information content (AvgIpc) is 2.63. The van der Waals surface area contributed by atoms with Gasteiger partial charge < -0.3 is 19.0 Å². The number of ether oxygens (including phenoxy) is 3. The summed E-state index contributed by atoms with van der Waals surface area (Å²) in [5, 5.41) is 3.68. The quantitative estimate of drug-likeness (QED) is 0.229. The van der Waals surface area contributed by atoms with Crippen molar-refractivity contribution in [3.8, 4) is 0 Å². The highest BCUT2D eigenvalue weighted by atomic mass is 32.2. The maximum absolute atomic E-state index is 11.6. The van der Waals surface area contributed by atoms with Gasteiger partial charge in [-0.1, -0.05) is 35.1 Å². The fourth-order valence-corrected chi connectivity index (χ4v) is 3.84. The summed E-state index contributed by atoms with van der Waals surface area (Å²) in [6.45, 7) is 2.27. The summed E-state index contributed by atoms with van der Waals surface area (Å²) in [5.41, 5.74) is 8.17. The number of rotatable bonds is 7. The molecule has 0 saturated carbocycles. The van der Waals surface area contributed by atoms with Crippen molar-refractivity contribution >= 4 is 30.0 Å². The van der Waals surface area contributed by atoms with Crippen LogP contribution in [0.2, 0.25) is 0 Å². The van der Waals surface area contributed by atoms with Crippen molar-refractivity contribution in [2.45, 2.75) is 42.4 Å². The lowest BCUT2D eigenvalue weighted by atomic mass is 9.89. The molecule has 1 heterocycles. The zero-order valence-corrected chi connectivity index (χ0v) is 15.6. The van der Waals surface area contributed by atoms with E-state index in [1.165, 1.54) is 25.6 Å². The van der Waals surface area contributed by atoms with Gasteiger partial charge in [0.25, 0.3) is 0 Å². The zero-order valence-electron chi connectivity index (χ0n) is 14.8. The molecule has 1 aliphatic heterocycles. The van der Waals surface area contributed by atoms with Crippen molar-refractivity contribution in [2.75, 3.05) is 6.61 Å². The van der Waals surface area contributed by atoms with Crippen LogP contribution in [0.5, 0.6) is 0 Å². The minimum absolute atomic E-state index is 0.186. The largest absolute Gasteiger partial charge is 0.463 e. The number of hydrogen-bond acceptors (Lipinski definition) is 8. The smallest absolute Gasteiger partial charge is 0.303 e. The summed E-state index contributed by atoms with van der Waals surface area (Å²) >= 11 is 1.26. The van der Waals surface area contributed by atoms with Crippen molar-refractivity contribution in [1.82, 2.24) is 0 Å². The van der Waals surface area contributed by atoms with Crippen molar-refractivity contribution in [3.63, 3.8) is 0 Å². The van der Waals surface area contributed by atoms with Gasteiger partial charge in [-0.2, -0.15) is 0 Å². The summed E-state index contributed by atoms with van der Waals surface area (Å²) in [6, 6.07) is 8.21. The van der Waals surface area contributed by atoms with Gasteiger partial charge in [0, 0.05) is 23.7 Å². The standard InChI is InChI=1S/C17H19N3O6S/c1-10(22)24-9-14-13(8-21)15(19-20-18)16(25-11(2)23)17(26-14)27-12-6-4-3-5-7-12/h3-8,13-17H,9H2,1-2H3/t13-,14?,15?,16-,17-/m0/s1. The van der Waals surface area contributed by atoms with Crippen LogP contribution in [0, 0.1) is 5.92 Å². The average molecular weight is 393 g/mol. The highest BCUT2D eigenvalue weighted by molar-refractivity contribution is 7.99. The van der Waals surface area contributed by atoms with Crippen molar-refractivity contribution in [3.05, 3.63) is 40.8 Å². The Kier molecular flexibility index (Phi) is 7.66.